The number of rotatable bonds is 11. The molecular formula is C34H49BrN4O10. The van der Waals surface area contributed by atoms with Crippen molar-refractivity contribution in [3.63, 3.8) is 0 Å². The number of carboxylic acid groups (broad SMARTS) is 1. The number of likely N-dealkylation sites (tertiary alicyclic amines) is 2. The molecule has 1 aromatic carbocycles. The molecule has 0 spiro atoms. The van der Waals surface area contributed by atoms with Crippen LogP contribution in [0.5, 0.6) is 0 Å². The molecule has 14 nitrogen and oxygen atoms in total. The summed E-state index contributed by atoms with van der Waals surface area (Å²) >= 11 is 3.52. The number of carbonyl (C=O) groups excluding carboxylic acids is 2. The van der Waals surface area contributed by atoms with E-state index >= 15 is 0 Å². The zero-order chi connectivity index (χ0) is 36.5. The molecule has 2 fully saturated rings. The van der Waals surface area contributed by atoms with Gasteiger partial charge in [0.05, 0.1) is 18.3 Å². The minimum atomic E-state index is -2.31. The number of carboxylic acids is 1. The second-order valence-electron chi connectivity index (χ2n) is 12.8. The number of pyridine rings is 1. The molecule has 0 unspecified atom stereocenters. The molecule has 0 saturated carbocycles. The maximum Gasteiger partial charge on any atom is 0.260 e. The lowest BCUT2D eigenvalue weighted by atomic mass is 9.82. The smallest absolute Gasteiger partial charge is 0.260 e. The molecule has 15 heteroatoms. The Labute approximate surface area is 294 Å². The normalized spacial score (nSPS) is 19.6. The summed E-state index contributed by atoms with van der Waals surface area (Å²) in [4.78, 5) is 33.3. The van der Waals surface area contributed by atoms with Crippen molar-refractivity contribution in [3.8, 4) is 0 Å². The highest BCUT2D eigenvalue weighted by molar-refractivity contribution is 9.10. The van der Waals surface area contributed by atoms with Crippen molar-refractivity contribution in [2.24, 2.45) is 11.1 Å². The number of benzene rings is 1. The number of aliphatic hydroxyl groups is 5. The van der Waals surface area contributed by atoms with E-state index in [0.29, 0.717) is 23.8 Å². The van der Waals surface area contributed by atoms with Gasteiger partial charge >= 0.3 is 0 Å². The number of aryl methyl sites for hydroxylation is 1. The number of hydrogen-bond donors (Lipinski definition) is 6. The number of carbonyl (C=O) groups is 2. The van der Waals surface area contributed by atoms with Gasteiger partial charge in [-0.2, -0.15) is 0 Å². The first-order valence-corrected chi connectivity index (χ1v) is 17.2. The van der Waals surface area contributed by atoms with Crippen LogP contribution in [0.3, 0.4) is 0 Å². The van der Waals surface area contributed by atoms with Crippen molar-refractivity contribution in [2.75, 3.05) is 39.4 Å². The zero-order valence-electron chi connectivity index (χ0n) is 28.4. The number of aliphatic hydroxyl groups excluding tert-OH is 5. The number of halogens is 1. The molecule has 272 valence electrons. The monoisotopic (exact) mass is 752 g/mol. The highest BCUT2D eigenvalue weighted by atomic mass is 79.9. The predicted octanol–water partition coefficient (Wildman–Crippen LogP) is -0.0896. The summed E-state index contributed by atoms with van der Waals surface area (Å²) < 4.78 is 2.10. The molecule has 1 amide bonds. The minimum absolute atomic E-state index is 0.0143. The summed E-state index contributed by atoms with van der Waals surface area (Å²) in [5.41, 5.74) is 4.34. The van der Waals surface area contributed by atoms with Gasteiger partial charge in [-0.05, 0) is 82.8 Å². The molecule has 2 saturated heterocycles. The summed E-state index contributed by atoms with van der Waals surface area (Å²) in [6.45, 7) is 11.2. The minimum Gasteiger partial charge on any atom is -0.547 e. The SMILES string of the molecule is CCO/N=C(/c1ccc(Br)cc1)C1CCN(C2(C)CCN(C(=O)c3c(C)cc[n+](O)c3C)CC2)CC1.O=C([O-])[C@H](O)[C@@H](O)[C@H](O)[C@H](O)CO. The van der Waals surface area contributed by atoms with Gasteiger partial charge in [-0.1, -0.05) is 33.2 Å². The van der Waals surface area contributed by atoms with E-state index in [1.54, 1.807) is 19.2 Å². The Bertz CT molecular complexity index is 1430. The van der Waals surface area contributed by atoms with E-state index in [0.717, 1.165) is 77.9 Å². The van der Waals surface area contributed by atoms with E-state index < -0.39 is 37.0 Å². The lowest BCUT2D eigenvalue weighted by Gasteiger charge is -2.49. The van der Waals surface area contributed by atoms with Crippen molar-refractivity contribution < 1.29 is 55.0 Å². The molecule has 4 atom stereocenters. The summed E-state index contributed by atoms with van der Waals surface area (Å²) in [6, 6.07) is 10.1. The molecule has 1 aromatic heterocycles. The topological polar surface area (TPSA) is 211 Å². The van der Waals surface area contributed by atoms with Crippen molar-refractivity contribution in [3.05, 3.63) is 63.4 Å². The molecule has 2 aliphatic rings. The van der Waals surface area contributed by atoms with E-state index in [9.17, 15) is 19.9 Å². The summed E-state index contributed by atoms with van der Waals surface area (Å²) in [5.74, 6) is -1.59. The average Bonchev–Trinajstić information content (AvgIpc) is 3.10. The first kappa shape index (κ1) is 40.3. The number of piperidine rings is 2. The molecule has 0 radical (unpaired) electrons. The van der Waals surface area contributed by atoms with Crippen LogP contribution in [-0.2, 0) is 9.63 Å². The van der Waals surface area contributed by atoms with Crippen molar-refractivity contribution in [1.82, 2.24) is 9.80 Å². The van der Waals surface area contributed by atoms with Gasteiger partial charge in [0.25, 0.3) is 5.91 Å². The highest BCUT2D eigenvalue weighted by Gasteiger charge is 2.40. The van der Waals surface area contributed by atoms with Gasteiger partial charge in [0.2, 0.25) is 11.9 Å². The fourth-order valence-electron chi connectivity index (χ4n) is 6.24. The number of aromatic nitrogens is 1. The van der Waals surface area contributed by atoms with Crippen LogP contribution < -0.4 is 9.84 Å². The number of aliphatic carboxylic acids is 1. The maximum atomic E-state index is 13.3. The van der Waals surface area contributed by atoms with Crippen LogP contribution in [-0.4, -0.2) is 127 Å². The second kappa shape index (κ2) is 18.2. The van der Waals surface area contributed by atoms with Crippen LogP contribution in [0.15, 0.2) is 46.2 Å². The lowest BCUT2D eigenvalue weighted by molar-refractivity contribution is -0.908. The molecule has 0 aliphatic carbocycles. The van der Waals surface area contributed by atoms with Crippen LogP contribution in [0.2, 0.25) is 0 Å². The fourth-order valence-corrected chi connectivity index (χ4v) is 6.50. The van der Waals surface area contributed by atoms with Crippen LogP contribution >= 0.6 is 15.9 Å². The molecule has 4 rings (SSSR count). The number of nitrogens with zero attached hydrogens (tertiary/aromatic N) is 4. The van der Waals surface area contributed by atoms with E-state index in [4.69, 9.17) is 30.4 Å². The third kappa shape index (κ3) is 10.2. The Morgan fingerprint density at radius 3 is 2.16 bits per heavy atom. The first-order chi connectivity index (χ1) is 23.1. The van der Waals surface area contributed by atoms with Crippen molar-refractivity contribution in [2.45, 2.75) is 83.3 Å². The van der Waals surface area contributed by atoms with E-state index in [1.165, 1.54) is 0 Å². The lowest BCUT2D eigenvalue weighted by Crippen LogP contribution is -2.57. The molecule has 3 heterocycles. The highest BCUT2D eigenvalue weighted by Crippen LogP contribution is 2.34. The van der Waals surface area contributed by atoms with Gasteiger partial charge in [0.15, 0.2) is 0 Å². The van der Waals surface area contributed by atoms with Crippen molar-refractivity contribution >= 4 is 33.5 Å². The number of oxime groups is 1. The molecule has 49 heavy (non-hydrogen) atoms. The number of amides is 1. The standard InChI is InChI=1S/C28H38BrN4O3.C6H12O7/c1-5-36-30-26(22-6-8-24(29)9-7-22)23-11-15-32(16-12-23)28(4)13-18-31(19-14-28)27(34)25-20(2)10-17-33(35)21(25)3;7-1-2(8)3(9)4(10)5(11)6(12)13/h6-10,17,23,35H,5,11-16,18-19H2,1-4H3;2-5,7-11H,1H2,(H,12,13)/q+1;/p-1/b30-26-;/t;2-,3-,4+,5-/m.1/s1. The third-order valence-corrected chi connectivity index (χ3v) is 10.0. The Hall–Kier alpha value is -3.18. The van der Waals surface area contributed by atoms with Gasteiger partial charge in [-0.15, -0.1) is 0 Å². The second-order valence-corrected chi connectivity index (χ2v) is 13.7. The van der Waals surface area contributed by atoms with Gasteiger partial charge < -0.3 is 45.2 Å². The van der Waals surface area contributed by atoms with E-state index in [1.807, 2.05) is 18.7 Å². The predicted molar refractivity (Wildman–Crippen MR) is 180 cm³/mol. The van der Waals surface area contributed by atoms with Gasteiger partial charge in [0.1, 0.15) is 36.6 Å². The fraction of sp³-hybridized carbons (Fsp3) is 0.588. The molecule has 2 aliphatic heterocycles. The van der Waals surface area contributed by atoms with Gasteiger partial charge in [0, 0.05) is 46.7 Å². The maximum absolute atomic E-state index is 13.3. The van der Waals surface area contributed by atoms with Crippen LogP contribution in [0.1, 0.15) is 66.7 Å². The summed E-state index contributed by atoms with van der Waals surface area (Å²) in [5, 5.41) is 68.0. The van der Waals surface area contributed by atoms with E-state index in [-0.39, 0.29) is 11.4 Å². The van der Waals surface area contributed by atoms with Gasteiger partial charge in [-0.25, -0.2) is 0 Å². The zero-order valence-corrected chi connectivity index (χ0v) is 30.0. The quantitative estimate of drug-likeness (QED) is 0.0773. The molecule has 6 N–H and O–H groups in total. The Balaban J connectivity index is 0.000000425. The summed E-state index contributed by atoms with van der Waals surface area (Å²) in [7, 11) is 0. The largest absolute Gasteiger partial charge is 0.547 e. The van der Waals surface area contributed by atoms with Gasteiger partial charge in [-0.3, -0.25) is 14.9 Å². The first-order valence-electron chi connectivity index (χ1n) is 16.4. The summed E-state index contributed by atoms with van der Waals surface area (Å²) in [6.07, 6.45) is -2.52. The van der Waals surface area contributed by atoms with Crippen LogP contribution in [0.25, 0.3) is 0 Å². The van der Waals surface area contributed by atoms with Crippen LogP contribution in [0, 0.1) is 19.8 Å². The third-order valence-electron chi connectivity index (χ3n) is 9.48. The molecule has 0 bridgehead atoms. The Morgan fingerprint density at radius 1 is 1.04 bits per heavy atom. The number of hydrogen-bond acceptors (Lipinski definition) is 12. The molecule has 2 aromatic rings. The van der Waals surface area contributed by atoms with E-state index in [2.05, 4.69) is 57.2 Å². The van der Waals surface area contributed by atoms with Crippen molar-refractivity contribution in [1.29, 1.82) is 0 Å². The average molecular weight is 754 g/mol. The Morgan fingerprint density at radius 2 is 1.63 bits per heavy atom. The molecular weight excluding hydrogens is 704 g/mol. The van der Waals surface area contributed by atoms with Crippen LogP contribution in [0.4, 0.5) is 0 Å². The Kier molecular flexibility index (Phi) is 14.9.